The molecule has 0 saturated carbocycles. The number of hydrogen-bond donors (Lipinski definition) is 2. The summed E-state index contributed by atoms with van der Waals surface area (Å²) in [6.45, 7) is 3.72. The van der Waals surface area contributed by atoms with Crippen molar-refractivity contribution in [1.82, 2.24) is 10.2 Å². The number of nitrogens with one attached hydrogen (secondary N) is 2. The van der Waals surface area contributed by atoms with E-state index in [4.69, 9.17) is 4.74 Å². The molecule has 0 saturated heterocycles. The second-order valence-corrected chi connectivity index (χ2v) is 4.92. The highest BCUT2D eigenvalue weighted by Crippen LogP contribution is 2.27. The zero-order chi connectivity index (χ0) is 16.0. The van der Waals surface area contributed by atoms with E-state index in [1.165, 1.54) is 4.90 Å². The minimum atomic E-state index is -0.279. The van der Waals surface area contributed by atoms with Crippen molar-refractivity contribution in [2.45, 2.75) is 26.3 Å². The van der Waals surface area contributed by atoms with Gasteiger partial charge in [-0.1, -0.05) is 12.1 Å². The van der Waals surface area contributed by atoms with Crippen LogP contribution < -0.4 is 15.4 Å². The molecule has 0 spiro atoms. The molecule has 1 aromatic carbocycles. The van der Waals surface area contributed by atoms with Gasteiger partial charge in [-0.15, -0.1) is 0 Å². The monoisotopic (exact) mass is 293 g/mol. The maximum Gasteiger partial charge on any atom is 0.321 e. The molecule has 0 aromatic heterocycles. The van der Waals surface area contributed by atoms with Crippen LogP contribution in [0.3, 0.4) is 0 Å². The zero-order valence-electron chi connectivity index (χ0n) is 13.2. The molecule has 3 amide bonds. The van der Waals surface area contributed by atoms with Crippen molar-refractivity contribution in [2.24, 2.45) is 0 Å². The molecule has 1 atom stereocenters. The largest absolute Gasteiger partial charge is 0.495 e. The molecule has 0 heterocycles. The quantitative estimate of drug-likeness (QED) is 0.872. The molecule has 6 nitrogen and oxygen atoms in total. The highest BCUT2D eigenvalue weighted by atomic mass is 16.5. The van der Waals surface area contributed by atoms with Gasteiger partial charge in [-0.25, -0.2) is 4.79 Å². The Balaban J connectivity index is 2.79. The lowest BCUT2D eigenvalue weighted by Gasteiger charge is -2.25. The van der Waals surface area contributed by atoms with Crippen molar-refractivity contribution in [3.8, 4) is 5.75 Å². The normalized spacial score (nSPS) is 11.5. The zero-order valence-corrected chi connectivity index (χ0v) is 13.2. The fourth-order valence-electron chi connectivity index (χ4n) is 1.87. The Kier molecular flexibility index (Phi) is 6.02. The maximum absolute atomic E-state index is 12.3. The van der Waals surface area contributed by atoms with Gasteiger partial charge < -0.3 is 20.3 Å². The highest BCUT2D eigenvalue weighted by molar-refractivity contribution is 5.92. The molecule has 1 rings (SSSR count). The van der Waals surface area contributed by atoms with E-state index in [0.29, 0.717) is 11.4 Å². The van der Waals surface area contributed by atoms with Crippen LogP contribution in [0.25, 0.3) is 0 Å². The number of carbonyl (C=O) groups is 2. The second kappa shape index (κ2) is 7.52. The molecule has 2 N–H and O–H groups in total. The SMILES string of the molecule is CNC(=O)CC(C)N(C)C(=O)Nc1c(C)cccc1OC. The number of benzene rings is 1. The van der Waals surface area contributed by atoms with Crippen molar-refractivity contribution in [1.29, 1.82) is 0 Å². The fourth-order valence-corrected chi connectivity index (χ4v) is 1.87. The van der Waals surface area contributed by atoms with Crippen LogP contribution in [0.5, 0.6) is 5.75 Å². The predicted molar refractivity (Wildman–Crippen MR) is 82.7 cm³/mol. The van der Waals surface area contributed by atoms with E-state index in [2.05, 4.69) is 10.6 Å². The summed E-state index contributed by atoms with van der Waals surface area (Å²) in [7, 11) is 4.80. The van der Waals surface area contributed by atoms with E-state index >= 15 is 0 Å². The van der Waals surface area contributed by atoms with Crippen LogP contribution in [-0.2, 0) is 4.79 Å². The van der Waals surface area contributed by atoms with Gasteiger partial charge in [-0.05, 0) is 25.5 Å². The van der Waals surface area contributed by atoms with E-state index < -0.39 is 0 Å². The molecule has 0 aliphatic rings. The number of urea groups is 1. The number of anilines is 1. The van der Waals surface area contributed by atoms with Gasteiger partial charge in [0.2, 0.25) is 5.91 Å². The van der Waals surface area contributed by atoms with E-state index in [9.17, 15) is 9.59 Å². The second-order valence-electron chi connectivity index (χ2n) is 4.92. The third-order valence-corrected chi connectivity index (χ3v) is 3.43. The van der Waals surface area contributed by atoms with Crippen LogP contribution in [0.15, 0.2) is 18.2 Å². The Morgan fingerprint density at radius 3 is 2.62 bits per heavy atom. The summed E-state index contributed by atoms with van der Waals surface area (Å²) in [5, 5.41) is 5.38. The Hall–Kier alpha value is -2.24. The Morgan fingerprint density at radius 2 is 2.05 bits per heavy atom. The number of methoxy groups -OCH3 is 1. The van der Waals surface area contributed by atoms with Crippen molar-refractivity contribution in [2.75, 3.05) is 26.5 Å². The van der Waals surface area contributed by atoms with Crippen LogP contribution in [0.2, 0.25) is 0 Å². The van der Waals surface area contributed by atoms with Gasteiger partial charge in [-0.3, -0.25) is 4.79 Å². The Morgan fingerprint density at radius 1 is 1.38 bits per heavy atom. The smallest absolute Gasteiger partial charge is 0.321 e. The van der Waals surface area contributed by atoms with Crippen molar-refractivity contribution >= 4 is 17.6 Å². The van der Waals surface area contributed by atoms with Crippen LogP contribution in [0.1, 0.15) is 18.9 Å². The van der Waals surface area contributed by atoms with Crippen LogP contribution in [-0.4, -0.2) is 44.1 Å². The molecular formula is C15H23N3O3. The van der Waals surface area contributed by atoms with Gasteiger partial charge in [0.15, 0.2) is 0 Å². The minimum Gasteiger partial charge on any atom is -0.495 e. The molecule has 116 valence electrons. The molecule has 21 heavy (non-hydrogen) atoms. The molecule has 6 heteroatoms. The fraction of sp³-hybridized carbons (Fsp3) is 0.467. The van der Waals surface area contributed by atoms with Gasteiger partial charge in [0.25, 0.3) is 0 Å². The number of para-hydroxylation sites is 1. The first-order chi connectivity index (χ1) is 9.90. The topological polar surface area (TPSA) is 70.7 Å². The lowest BCUT2D eigenvalue weighted by Crippen LogP contribution is -2.40. The lowest BCUT2D eigenvalue weighted by molar-refractivity contribution is -0.121. The average Bonchev–Trinajstić information content (AvgIpc) is 2.47. The van der Waals surface area contributed by atoms with Crippen LogP contribution in [0.4, 0.5) is 10.5 Å². The molecule has 0 aliphatic carbocycles. The van der Waals surface area contributed by atoms with Crippen molar-refractivity contribution in [3.05, 3.63) is 23.8 Å². The first-order valence-electron chi connectivity index (χ1n) is 6.78. The molecule has 0 bridgehead atoms. The lowest BCUT2D eigenvalue weighted by atomic mass is 10.2. The Bertz CT molecular complexity index is 517. The van der Waals surface area contributed by atoms with Gasteiger partial charge in [-0.2, -0.15) is 0 Å². The van der Waals surface area contributed by atoms with E-state index in [1.807, 2.05) is 26.0 Å². The number of aryl methyl sites for hydroxylation is 1. The average molecular weight is 293 g/mol. The number of amides is 3. The first kappa shape index (κ1) is 16.8. The first-order valence-corrected chi connectivity index (χ1v) is 6.78. The third kappa shape index (κ3) is 4.37. The minimum absolute atomic E-state index is 0.101. The Labute approximate surface area is 125 Å². The van der Waals surface area contributed by atoms with E-state index in [0.717, 1.165) is 5.56 Å². The number of ether oxygens (including phenoxy) is 1. The summed E-state index contributed by atoms with van der Waals surface area (Å²) in [6, 6.07) is 5.06. The molecule has 0 radical (unpaired) electrons. The van der Waals surface area contributed by atoms with Crippen molar-refractivity contribution < 1.29 is 14.3 Å². The maximum atomic E-state index is 12.3. The summed E-state index contributed by atoms with van der Waals surface area (Å²) < 4.78 is 5.25. The number of rotatable bonds is 5. The van der Waals surface area contributed by atoms with Crippen molar-refractivity contribution in [3.63, 3.8) is 0 Å². The summed E-state index contributed by atoms with van der Waals surface area (Å²) >= 11 is 0. The van der Waals surface area contributed by atoms with Gasteiger partial charge in [0, 0.05) is 26.6 Å². The van der Waals surface area contributed by atoms with E-state index in [-0.39, 0.29) is 24.4 Å². The van der Waals surface area contributed by atoms with Crippen LogP contribution in [0, 0.1) is 6.92 Å². The van der Waals surface area contributed by atoms with Gasteiger partial charge in [0.05, 0.1) is 12.8 Å². The predicted octanol–water partition coefficient (Wildman–Crippen LogP) is 1.99. The van der Waals surface area contributed by atoms with E-state index in [1.54, 1.807) is 27.3 Å². The number of hydrogen-bond acceptors (Lipinski definition) is 3. The number of nitrogens with zero attached hydrogens (tertiary/aromatic N) is 1. The van der Waals surface area contributed by atoms with Crippen LogP contribution >= 0.6 is 0 Å². The molecule has 0 aliphatic heterocycles. The van der Waals surface area contributed by atoms with Gasteiger partial charge in [0.1, 0.15) is 5.75 Å². The summed E-state index contributed by atoms with van der Waals surface area (Å²) in [6.07, 6.45) is 0.255. The summed E-state index contributed by atoms with van der Waals surface area (Å²) in [5.41, 5.74) is 1.55. The number of carbonyl (C=O) groups excluding carboxylic acids is 2. The van der Waals surface area contributed by atoms with Gasteiger partial charge >= 0.3 is 6.03 Å². The standard InChI is InChI=1S/C15H23N3O3/c1-10-7-6-8-12(21-5)14(10)17-15(20)18(4)11(2)9-13(19)16-3/h6-8,11H,9H2,1-5H3,(H,16,19)(H,17,20). The molecule has 1 unspecified atom stereocenters. The summed E-state index contributed by atoms with van der Waals surface area (Å²) in [4.78, 5) is 25.1. The molecular weight excluding hydrogens is 270 g/mol. The molecule has 0 fully saturated rings. The molecule has 1 aromatic rings. The summed E-state index contributed by atoms with van der Waals surface area (Å²) in [5.74, 6) is 0.506. The third-order valence-electron chi connectivity index (χ3n) is 3.43. The highest BCUT2D eigenvalue weighted by Gasteiger charge is 2.19.